The molecular weight excluding hydrogens is 373 g/mol. The number of halogens is 2. The Morgan fingerprint density at radius 3 is 2.92 bits per heavy atom. The minimum atomic E-state index is -0.377. The molecule has 4 nitrogen and oxygen atoms in total. The Bertz CT molecular complexity index is 1250. The van der Waals surface area contributed by atoms with Crippen LogP contribution in [-0.4, -0.2) is 19.9 Å². The number of fused-ring (bicyclic) bond motifs is 4. The van der Waals surface area contributed by atoms with Crippen LogP contribution in [0.2, 0.25) is 5.02 Å². The zero-order valence-corrected chi connectivity index (χ0v) is 15.1. The molecule has 0 unspecified atom stereocenters. The fourth-order valence-electron chi connectivity index (χ4n) is 3.51. The van der Waals surface area contributed by atoms with Gasteiger partial charge in [-0.3, -0.25) is 9.36 Å². The van der Waals surface area contributed by atoms with Crippen LogP contribution < -0.4 is 5.56 Å². The predicted molar refractivity (Wildman–Crippen MR) is 103 cm³/mol. The lowest BCUT2D eigenvalue weighted by Crippen LogP contribution is -2.22. The van der Waals surface area contributed by atoms with E-state index in [9.17, 15) is 9.18 Å². The maximum atomic E-state index is 13.4. The zero-order chi connectivity index (χ0) is 17.8. The van der Waals surface area contributed by atoms with E-state index >= 15 is 0 Å². The van der Waals surface area contributed by atoms with E-state index in [4.69, 9.17) is 16.6 Å². The first-order valence-corrected chi connectivity index (χ1v) is 9.58. The van der Waals surface area contributed by atoms with Crippen LogP contribution in [0.4, 0.5) is 4.39 Å². The lowest BCUT2D eigenvalue weighted by molar-refractivity contribution is 0.626. The highest BCUT2D eigenvalue weighted by molar-refractivity contribution is 7.99. The number of para-hydroxylation sites is 1. The summed E-state index contributed by atoms with van der Waals surface area (Å²) in [6, 6.07) is 12.2. The van der Waals surface area contributed by atoms with E-state index in [1.807, 2.05) is 28.8 Å². The van der Waals surface area contributed by atoms with E-state index in [2.05, 4.69) is 0 Å². The SMILES string of the molecule is O=c1c2c(nc3n1CCS3)c1ccccc1n2Cc1ccc(F)cc1Cl. The second kappa shape index (κ2) is 5.86. The summed E-state index contributed by atoms with van der Waals surface area (Å²) in [4.78, 5) is 17.9. The lowest BCUT2D eigenvalue weighted by Gasteiger charge is -2.10. The molecule has 0 saturated carbocycles. The highest BCUT2D eigenvalue weighted by Crippen LogP contribution is 2.31. The Morgan fingerprint density at radius 2 is 2.08 bits per heavy atom. The van der Waals surface area contributed by atoms with Crippen LogP contribution >= 0.6 is 23.4 Å². The van der Waals surface area contributed by atoms with Crippen LogP contribution in [0.3, 0.4) is 0 Å². The van der Waals surface area contributed by atoms with Crippen molar-refractivity contribution in [2.75, 3.05) is 5.75 Å². The van der Waals surface area contributed by atoms with E-state index in [0.29, 0.717) is 29.1 Å². The maximum absolute atomic E-state index is 13.4. The van der Waals surface area contributed by atoms with Gasteiger partial charge in [0.1, 0.15) is 16.9 Å². The number of hydrogen-bond donors (Lipinski definition) is 0. The first kappa shape index (κ1) is 15.9. The van der Waals surface area contributed by atoms with Gasteiger partial charge < -0.3 is 4.57 Å². The van der Waals surface area contributed by atoms with Crippen LogP contribution in [0.25, 0.3) is 21.9 Å². The Kier molecular flexibility index (Phi) is 3.58. The maximum Gasteiger partial charge on any atom is 0.278 e. The molecule has 1 aliphatic rings. The molecule has 4 aromatic rings. The van der Waals surface area contributed by atoms with E-state index in [0.717, 1.165) is 27.4 Å². The highest BCUT2D eigenvalue weighted by Gasteiger charge is 2.22. The van der Waals surface area contributed by atoms with E-state index in [1.165, 1.54) is 12.1 Å². The summed E-state index contributed by atoms with van der Waals surface area (Å²) in [5, 5.41) is 2.06. The Labute approximate surface area is 157 Å². The largest absolute Gasteiger partial charge is 0.330 e. The van der Waals surface area contributed by atoms with Crippen molar-refractivity contribution in [1.29, 1.82) is 0 Å². The molecule has 0 saturated heterocycles. The van der Waals surface area contributed by atoms with Gasteiger partial charge in [0.15, 0.2) is 5.16 Å². The molecule has 2 aromatic heterocycles. The van der Waals surface area contributed by atoms with E-state index < -0.39 is 0 Å². The van der Waals surface area contributed by atoms with Crippen molar-refractivity contribution in [3.63, 3.8) is 0 Å². The third kappa shape index (κ3) is 2.29. The van der Waals surface area contributed by atoms with Crippen LogP contribution in [-0.2, 0) is 13.1 Å². The normalized spacial score (nSPS) is 13.6. The standard InChI is InChI=1S/C19H13ClFN3OS/c20-14-9-12(21)6-5-11(14)10-24-15-4-2-1-3-13(15)16-17(24)18(25)23-7-8-26-19(23)22-16/h1-6,9H,7-8,10H2. The molecule has 26 heavy (non-hydrogen) atoms. The topological polar surface area (TPSA) is 39.8 Å². The Hall–Kier alpha value is -2.31. The molecule has 7 heteroatoms. The first-order valence-electron chi connectivity index (χ1n) is 8.22. The molecule has 0 N–H and O–H groups in total. The Morgan fingerprint density at radius 1 is 1.23 bits per heavy atom. The average molecular weight is 386 g/mol. The monoisotopic (exact) mass is 385 g/mol. The predicted octanol–water partition coefficient (Wildman–Crippen LogP) is 4.30. The average Bonchev–Trinajstić information content (AvgIpc) is 3.22. The zero-order valence-electron chi connectivity index (χ0n) is 13.6. The van der Waals surface area contributed by atoms with Crippen molar-refractivity contribution in [3.05, 3.63) is 69.2 Å². The molecule has 0 spiro atoms. The van der Waals surface area contributed by atoms with Gasteiger partial charge in [0, 0.05) is 29.3 Å². The molecule has 3 heterocycles. The molecule has 2 aromatic carbocycles. The van der Waals surface area contributed by atoms with Crippen LogP contribution in [0, 0.1) is 5.82 Å². The summed E-state index contributed by atoms with van der Waals surface area (Å²) in [6.45, 7) is 1.05. The molecule has 0 atom stereocenters. The molecule has 0 aliphatic carbocycles. The van der Waals surface area contributed by atoms with E-state index in [1.54, 1.807) is 22.4 Å². The first-order chi connectivity index (χ1) is 12.6. The summed E-state index contributed by atoms with van der Waals surface area (Å²) >= 11 is 7.83. The van der Waals surface area contributed by atoms with Crippen molar-refractivity contribution in [3.8, 4) is 0 Å². The quantitative estimate of drug-likeness (QED) is 0.483. The van der Waals surface area contributed by atoms with Gasteiger partial charge in [-0.15, -0.1) is 0 Å². The summed E-state index contributed by atoms with van der Waals surface area (Å²) in [5.41, 5.74) is 2.92. The fraction of sp³-hybridized carbons (Fsp3) is 0.158. The molecule has 0 bridgehead atoms. The van der Waals surface area contributed by atoms with Gasteiger partial charge in [-0.25, -0.2) is 9.37 Å². The number of thioether (sulfide) groups is 1. The third-order valence-corrected chi connectivity index (χ3v) is 6.03. The molecule has 0 amide bonds. The minimum absolute atomic E-state index is 0.0376. The molecule has 0 radical (unpaired) electrons. The van der Waals surface area contributed by atoms with Gasteiger partial charge in [0.05, 0.1) is 5.52 Å². The number of benzene rings is 2. The molecule has 130 valence electrons. The summed E-state index contributed by atoms with van der Waals surface area (Å²) in [6.07, 6.45) is 0. The molecule has 0 fully saturated rings. The summed E-state index contributed by atoms with van der Waals surface area (Å²) < 4.78 is 17.1. The third-order valence-electron chi connectivity index (χ3n) is 4.72. The lowest BCUT2D eigenvalue weighted by atomic mass is 10.2. The minimum Gasteiger partial charge on any atom is -0.330 e. The molecule has 5 rings (SSSR count). The van der Waals surface area contributed by atoms with Gasteiger partial charge in [-0.1, -0.05) is 47.6 Å². The smallest absolute Gasteiger partial charge is 0.278 e. The summed E-state index contributed by atoms with van der Waals surface area (Å²) in [7, 11) is 0. The molecule has 1 aliphatic heterocycles. The van der Waals surface area contributed by atoms with Crippen molar-refractivity contribution in [1.82, 2.24) is 14.1 Å². The highest BCUT2D eigenvalue weighted by atomic mass is 35.5. The number of rotatable bonds is 2. The van der Waals surface area contributed by atoms with Gasteiger partial charge in [0.2, 0.25) is 0 Å². The molecular formula is C19H13ClFN3OS. The number of aromatic nitrogens is 3. The van der Waals surface area contributed by atoms with Crippen LogP contribution in [0.1, 0.15) is 5.56 Å². The van der Waals surface area contributed by atoms with Crippen LogP contribution in [0.15, 0.2) is 52.4 Å². The van der Waals surface area contributed by atoms with Gasteiger partial charge >= 0.3 is 0 Å². The van der Waals surface area contributed by atoms with Gasteiger partial charge in [-0.05, 0) is 23.8 Å². The van der Waals surface area contributed by atoms with Crippen molar-refractivity contribution < 1.29 is 4.39 Å². The second-order valence-corrected chi connectivity index (χ2v) is 7.71. The van der Waals surface area contributed by atoms with Crippen molar-refractivity contribution in [2.24, 2.45) is 0 Å². The van der Waals surface area contributed by atoms with Gasteiger partial charge in [0.25, 0.3) is 5.56 Å². The Balaban J connectivity index is 1.84. The fourth-order valence-corrected chi connectivity index (χ4v) is 4.68. The van der Waals surface area contributed by atoms with Crippen molar-refractivity contribution in [2.45, 2.75) is 18.2 Å². The summed E-state index contributed by atoms with van der Waals surface area (Å²) in [5.74, 6) is 0.480. The number of hydrogen-bond acceptors (Lipinski definition) is 3. The van der Waals surface area contributed by atoms with Crippen molar-refractivity contribution >= 4 is 45.3 Å². The van der Waals surface area contributed by atoms with Gasteiger partial charge in [-0.2, -0.15) is 0 Å². The number of nitrogens with zero attached hydrogens (tertiary/aromatic N) is 3. The second-order valence-electron chi connectivity index (χ2n) is 6.24. The van der Waals surface area contributed by atoms with Crippen LogP contribution in [0.5, 0.6) is 0 Å². The van der Waals surface area contributed by atoms with E-state index in [-0.39, 0.29) is 11.4 Å².